The van der Waals surface area contributed by atoms with Crippen molar-refractivity contribution in [3.8, 4) is 0 Å². The Morgan fingerprint density at radius 3 is 2.70 bits per heavy atom. The van der Waals surface area contributed by atoms with Crippen molar-refractivity contribution in [2.45, 2.75) is 19.4 Å². The zero-order valence-corrected chi connectivity index (χ0v) is 13.3. The van der Waals surface area contributed by atoms with Gasteiger partial charge in [0.1, 0.15) is 5.82 Å². The van der Waals surface area contributed by atoms with E-state index in [1.165, 1.54) is 12.1 Å². The smallest absolute Gasteiger partial charge is 0.124 e. The Kier molecular flexibility index (Phi) is 5.16. The zero-order valence-electron chi connectivity index (χ0n) is 11.0. The first-order valence-corrected chi connectivity index (χ1v) is 7.34. The standard InChI is InChI=1S/C15H15BrClFN2/c1-9-2-3-12(17)8-14(9)15(20-19)6-10-4-11(16)7-13(18)5-10/h2-5,7-8,15,20H,6,19H2,1H3. The molecule has 20 heavy (non-hydrogen) atoms. The first kappa shape index (κ1) is 15.4. The van der Waals surface area contributed by atoms with Crippen LogP contribution in [0.15, 0.2) is 40.9 Å². The molecule has 2 aromatic carbocycles. The van der Waals surface area contributed by atoms with Gasteiger partial charge < -0.3 is 0 Å². The van der Waals surface area contributed by atoms with E-state index >= 15 is 0 Å². The van der Waals surface area contributed by atoms with Crippen molar-refractivity contribution in [1.29, 1.82) is 0 Å². The monoisotopic (exact) mass is 356 g/mol. The van der Waals surface area contributed by atoms with Crippen molar-refractivity contribution >= 4 is 27.5 Å². The molecule has 0 spiro atoms. The normalized spacial score (nSPS) is 12.4. The maximum Gasteiger partial charge on any atom is 0.124 e. The first-order valence-electron chi connectivity index (χ1n) is 6.16. The fourth-order valence-electron chi connectivity index (χ4n) is 2.21. The van der Waals surface area contributed by atoms with E-state index in [1.807, 2.05) is 31.2 Å². The summed E-state index contributed by atoms with van der Waals surface area (Å²) in [6.07, 6.45) is 0.577. The maximum absolute atomic E-state index is 13.4. The highest BCUT2D eigenvalue weighted by molar-refractivity contribution is 9.10. The quantitative estimate of drug-likeness (QED) is 0.632. The van der Waals surface area contributed by atoms with Crippen molar-refractivity contribution < 1.29 is 4.39 Å². The average molecular weight is 358 g/mol. The molecule has 2 nitrogen and oxygen atoms in total. The van der Waals surface area contributed by atoms with Crippen LogP contribution in [0, 0.1) is 12.7 Å². The molecule has 2 rings (SSSR count). The highest BCUT2D eigenvalue weighted by Gasteiger charge is 2.14. The minimum absolute atomic E-state index is 0.123. The number of nitrogens with two attached hydrogens (primary N) is 1. The van der Waals surface area contributed by atoms with Crippen molar-refractivity contribution in [2.24, 2.45) is 5.84 Å². The van der Waals surface area contributed by atoms with Crippen LogP contribution in [-0.4, -0.2) is 0 Å². The third-order valence-corrected chi connectivity index (χ3v) is 3.87. The van der Waals surface area contributed by atoms with Gasteiger partial charge in [-0.15, -0.1) is 0 Å². The molecule has 3 N–H and O–H groups in total. The molecule has 5 heteroatoms. The van der Waals surface area contributed by atoms with Crippen LogP contribution in [0.2, 0.25) is 5.02 Å². The third-order valence-electron chi connectivity index (χ3n) is 3.18. The molecule has 0 aliphatic carbocycles. The van der Waals surface area contributed by atoms with Crippen LogP contribution >= 0.6 is 27.5 Å². The number of hydrogen-bond donors (Lipinski definition) is 2. The number of hydrazine groups is 1. The zero-order chi connectivity index (χ0) is 14.7. The summed E-state index contributed by atoms with van der Waals surface area (Å²) in [5.74, 6) is 5.38. The lowest BCUT2D eigenvalue weighted by atomic mass is 9.96. The summed E-state index contributed by atoms with van der Waals surface area (Å²) in [4.78, 5) is 0. The summed E-state index contributed by atoms with van der Waals surface area (Å²) in [6.45, 7) is 2.00. The summed E-state index contributed by atoms with van der Waals surface area (Å²) >= 11 is 9.33. The molecule has 2 aromatic rings. The van der Waals surface area contributed by atoms with Gasteiger partial charge in [-0.25, -0.2) is 4.39 Å². The van der Waals surface area contributed by atoms with E-state index in [0.29, 0.717) is 15.9 Å². The van der Waals surface area contributed by atoms with Crippen LogP contribution in [0.3, 0.4) is 0 Å². The number of benzene rings is 2. The summed E-state index contributed by atoms with van der Waals surface area (Å²) in [6, 6.07) is 10.4. The molecule has 0 aliphatic heterocycles. The molecule has 0 amide bonds. The predicted molar refractivity (Wildman–Crippen MR) is 84.1 cm³/mol. The van der Waals surface area contributed by atoms with Crippen LogP contribution in [0.25, 0.3) is 0 Å². The minimum Gasteiger partial charge on any atom is -0.271 e. The largest absolute Gasteiger partial charge is 0.271 e. The lowest BCUT2D eigenvalue weighted by Crippen LogP contribution is -2.30. The van der Waals surface area contributed by atoms with E-state index in [9.17, 15) is 4.39 Å². The molecule has 106 valence electrons. The van der Waals surface area contributed by atoms with Gasteiger partial charge in [-0.1, -0.05) is 33.6 Å². The van der Waals surface area contributed by atoms with E-state index < -0.39 is 0 Å². The van der Waals surface area contributed by atoms with E-state index in [1.54, 1.807) is 0 Å². The van der Waals surface area contributed by atoms with Gasteiger partial charge in [0.05, 0.1) is 6.04 Å². The molecule has 0 bridgehead atoms. The van der Waals surface area contributed by atoms with E-state index in [-0.39, 0.29) is 11.9 Å². The highest BCUT2D eigenvalue weighted by atomic mass is 79.9. The maximum atomic E-state index is 13.4. The fourth-order valence-corrected chi connectivity index (χ4v) is 2.90. The molecule has 1 unspecified atom stereocenters. The van der Waals surface area contributed by atoms with Gasteiger partial charge in [0.25, 0.3) is 0 Å². The summed E-state index contributed by atoms with van der Waals surface area (Å²) in [5.41, 5.74) is 5.74. The molecule has 0 saturated heterocycles. The van der Waals surface area contributed by atoms with Gasteiger partial charge in [-0.2, -0.15) is 0 Å². The van der Waals surface area contributed by atoms with Crippen molar-refractivity contribution in [1.82, 2.24) is 5.43 Å². The van der Waals surface area contributed by atoms with Gasteiger partial charge in [0, 0.05) is 9.50 Å². The summed E-state index contributed by atoms with van der Waals surface area (Å²) in [5, 5.41) is 0.659. The Bertz CT molecular complexity index is 599. The molecule has 0 saturated carbocycles. The Labute approximate surface area is 131 Å². The van der Waals surface area contributed by atoms with Crippen LogP contribution in [-0.2, 0) is 6.42 Å². The molecular weight excluding hydrogens is 343 g/mol. The van der Waals surface area contributed by atoms with Gasteiger partial charge in [-0.3, -0.25) is 11.3 Å². The van der Waals surface area contributed by atoms with E-state index in [4.69, 9.17) is 17.4 Å². The Morgan fingerprint density at radius 2 is 2.05 bits per heavy atom. The lowest BCUT2D eigenvalue weighted by Gasteiger charge is -2.19. The van der Waals surface area contributed by atoms with Gasteiger partial charge in [0.2, 0.25) is 0 Å². The Hall–Kier alpha value is -0.940. The van der Waals surface area contributed by atoms with Crippen molar-refractivity contribution in [2.75, 3.05) is 0 Å². The second-order valence-corrected chi connectivity index (χ2v) is 6.05. The van der Waals surface area contributed by atoms with Crippen molar-refractivity contribution in [3.05, 3.63) is 68.4 Å². The SMILES string of the molecule is Cc1ccc(Cl)cc1C(Cc1cc(F)cc(Br)c1)NN. The molecule has 0 aromatic heterocycles. The predicted octanol–water partition coefficient (Wildman–Crippen LogP) is 4.30. The van der Waals surface area contributed by atoms with Crippen molar-refractivity contribution in [3.63, 3.8) is 0 Å². The fraction of sp³-hybridized carbons (Fsp3) is 0.200. The number of rotatable bonds is 4. The van der Waals surface area contributed by atoms with E-state index in [0.717, 1.165) is 16.7 Å². The molecular formula is C15H15BrClFN2. The second-order valence-electron chi connectivity index (χ2n) is 4.70. The minimum atomic E-state index is -0.270. The first-order chi connectivity index (χ1) is 9.49. The van der Waals surface area contributed by atoms with E-state index in [2.05, 4.69) is 21.4 Å². The Balaban J connectivity index is 2.31. The number of hydrogen-bond acceptors (Lipinski definition) is 2. The Morgan fingerprint density at radius 1 is 1.30 bits per heavy atom. The van der Waals surface area contributed by atoms with Gasteiger partial charge in [0.15, 0.2) is 0 Å². The summed E-state index contributed by atoms with van der Waals surface area (Å²) < 4.78 is 14.1. The van der Waals surface area contributed by atoms with Crippen LogP contribution in [0.4, 0.5) is 4.39 Å². The van der Waals surface area contributed by atoms with Crippen LogP contribution < -0.4 is 11.3 Å². The average Bonchev–Trinajstić information content (AvgIpc) is 2.38. The topological polar surface area (TPSA) is 38.0 Å². The third kappa shape index (κ3) is 3.79. The molecule has 0 aliphatic rings. The van der Waals surface area contributed by atoms with Gasteiger partial charge >= 0.3 is 0 Å². The molecule has 0 fully saturated rings. The van der Waals surface area contributed by atoms with Gasteiger partial charge in [-0.05, 0) is 60.4 Å². The number of halogens is 3. The van der Waals surface area contributed by atoms with Crippen LogP contribution in [0.5, 0.6) is 0 Å². The van der Waals surface area contributed by atoms with Crippen LogP contribution in [0.1, 0.15) is 22.7 Å². The summed E-state index contributed by atoms with van der Waals surface area (Å²) in [7, 11) is 0. The molecule has 0 radical (unpaired) electrons. The lowest BCUT2D eigenvalue weighted by molar-refractivity contribution is 0.546. The molecule has 1 atom stereocenters. The number of nitrogens with one attached hydrogen (secondary N) is 1. The molecule has 0 heterocycles. The number of aryl methyl sites for hydroxylation is 1. The highest BCUT2D eigenvalue weighted by Crippen LogP contribution is 2.26. The second kappa shape index (κ2) is 6.68.